The second kappa shape index (κ2) is 35.7. The maximum atomic E-state index is 13.6. The van der Waals surface area contributed by atoms with E-state index in [9.17, 15) is 59.6 Å². The molecule has 386 valence electrons. The van der Waals surface area contributed by atoms with E-state index in [4.69, 9.17) is 18.5 Å². The molecule has 1 aliphatic heterocycles. The summed E-state index contributed by atoms with van der Waals surface area (Å²) in [6.45, 7) is 2.70. The van der Waals surface area contributed by atoms with Gasteiger partial charge in [-0.05, 0) is 70.6 Å². The minimum Gasteiger partial charge on any atom is -0.462 e. The molecule has 0 aromatic carbocycles. The van der Waals surface area contributed by atoms with Gasteiger partial charge in [0, 0.05) is 31.1 Å². The number of phosphoric acid groups is 1. The maximum Gasteiger partial charge on any atom is 0.472 e. The van der Waals surface area contributed by atoms with Crippen molar-refractivity contribution >= 4 is 25.5 Å². The van der Waals surface area contributed by atoms with Crippen molar-refractivity contribution in [2.75, 3.05) is 13.2 Å². The Balaban J connectivity index is 2.12. The minimum absolute atomic E-state index is 0.0241. The van der Waals surface area contributed by atoms with E-state index >= 15 is 0 Å². The molecule has 0 aromatic rings. The van der Waals surface area contributed by atoms with Gasteiger partial charge in [0.2, 0.25) is 0 Å². The predicted molar refractivity (Wildman–Crippen MR) is 259 cm³/mol. The third-order valence-electron chi connectivity index (χ3n) is 11.6. The molecule has 1 unspecified atom stereocenters. The molecule has 68 heavy (non-hydrogen) atoms. The zero-order valence-electron chi connectivity index (χ0n) is 40.1. The van der Waals surface area contributed by atoms with Gasteiger partial charge in [0.15, 0.2) is 6.10 Å². The smallest absolute Gasteiger partial charge is 0.462 e. The molecule has 1 aliphatic carbocycles. The Bertz CT molecular complexity index is 1690. The summed E-state index contributed by atoms with van der Waals surface area (Å²) in [6.07, 6.45) is 19.0. The third-order valence-corrected chi connectivity index (χ3v) is 12.6. The van der Waals surface area contributed by atoms with Crippen LogP contribution in [0.5, 0.6) is 0 Å². The SMILES string of the molecule is CCCCC/C=C\C/C=C\C/C=C\C/C=C\C/C=C\CCC(=O)OC[C@@H]1COP(=O)(O)O[C@H]2[C@H](O)[C@@H](O)[C@H](O)[C@@H](C/C=C\CCCC(=O)O1)C(=O)C[C@@H](O)[C@H](/C=C/[C@@H](O)CCCCC)[C@@H](O)[C@H]2O. The molecule has 0 saturated heterocycles. The molecule has 0 amide bonds. The summed E-state index contributed by atoms with van der Waals surface area (Å²) in [5.74, 6) is -5.19. The van der Waals surface area contributed by atoms with Crippen molar-refractivity contribution in [3.63, 3.8) is 0 Å². The molecule has 1 fully saturated rings. The van der Waals surface area contributed by atoms with Crippen molar-refractivity contribution in [2.45, 2.75) is 191 Å². The molecule has 12 atom stereocenters. The molecule has 2 bridgehead atoms. The number of unbranched alkanes of at least 4 members (excludes halogenated alkanes) is 5. The first-order valence-corrected chi connectivity index (χ1v) is 26.0. The lowest BCUT2D eigenvalue weighted by Crippen LogP contribution is -2.55. The van der Waals surface area contributed by atoms with E-state index in [1.165, 1.54) is 37.5 Å². The number of Topliss-reactive ketones (excluding diaryl/α,β-unsaturated/α-hetero) is 1. The summed E-state index contributed by atoms with van der Waals surface area (Å²) in [5, 5.41) is 78.4. The number of aliphatic hydroxyl groups is 7. The van der Waals surface area contributed by atoms with Crippen LogP contribution in [0.25, 0.3) is 0 Å². The number of hydrogen-bond acceptors (Lipinski definition) is 15. The molecular formula is C51H81O16P. The number of ether oxygens (including phenoxy) is 2. The van der Waals surface area contributed by atoms with Crippen LogP contribution in [0.4, 0.5) is 0 Å². The molecule has 17 heteroatoms. The standard InChI is InChI=1S/C51H81O16P/c1-3-5-7-8-9-10-11-12-13-14-15-16-17-18-19-20-21-22-27-31-44(55)64-36-39-37-65-68(62,63)67-51-49(60)47(58)41(34-33-38(52)29-25-6-4-2)43(54)35-42(53)40(46(57)48(59)50(51)61)30-26-23-24-28-32-45(56)66-39/h9-10,12-13,15-16,18-19,21-23,26,33-34,38-41,43,46-52,54,57-61H,3-8,11,14,17,20,24-25,27-32,35-37H2,1-2H3,(H,62,63)/b10-9-,13-12-,16-15-,19-18-,22-21-,26-23-,34-33+/t38-,39+,40-,41-,43+,46+,47+,48-,49+,50+,51+/m0/s1. The molecular weight excluding hydrogens is 900 g/mol. The van der Waals surface area contributed by atoms with Crippen LogP contribution in [0, 0.1) is 11.8 Å². The monoisotopic (exact) mass is 981 g/mol. The molecule has 2 rings (SSSR count). The number of cyclic esters (lactones) is 1. The molecule has 0 radical (unpaired) electrons. The van der Waals surface area contributed by atoms with E-state index in [2.05, 4.69) is 49.5 Å². The summed E-state index contributed by atoms with van der Waals surface area (Å²) >= 11 is 0. The second-order valence-electron chi connectivity index (χ2n) is 17.4. The van der Waals surface area contributed by atoms with Crippen molar-refractivity contribution in [2.24, 2.45) is 11.8 Å². The highest BCUT2D eigenvalue weighted by atomic mass is 31.2. The van der Waals surface area contributed by atoms with Gasteiger partial charge in [0.1, 0.15) is 36.8 Å². The molecule has 1 heterocycles. The summed E-state index contributed by atoms with van der Waals surface area (Å²) in [4.78, 5) is 50.0. The van der Waals surface area contributed by atoms with Gasteiger partial charge < -0.3 is 50.1 Å². The zero-order valence-corrected chi connectivity index (χ0v) is 41.0. The molecule has 16 nitrogen and oxygen atoms in total. The van der Waals surface area contributed by atoms with Crippen molar-refractivity contribution < 1.29 is 78.1 Å². The maximum absolute atomic E-state index is 13.6. The Kier molecular flexibility index (Phi) is 31.9. The minimum atomic E-state index is -5.48. The summed E-state index contributed by atoms with van der Waals surface area (Å²) in [6, 6.07) is 0. The van der Waals surface area contributed by atoms with Crippen molar-refractivity contribution in [1.82, 2.24) is 0 Å². The number of carbonyl (C=O) groups is 3. The number of hydrogen-bond donors (Lipinski definition) is 8. The van der Waals surface area contributed by atoms with E-state index in [1.807, 2.05) is 25.2 Å². The Hall–Kier alpha value is -3.38. The lowest BCUT2D eigenvalue weighted by Gasteiger charge is -2.36. The largest absolute Gasteiger partial charge is 0.472 e. The molecule has 0 spiro atoms. The van der Waals surface area contributed by atoms with Crippen LogP contribution in [0.3, 0.4) is 0 Å². The molecule has 2 aliphatic rings. The average Bonchev–Trinajstić information content (AvgIpc) is 3.31. The van der Waals surface area contributed by atoms with E-state index < -0.39 is 112 Å². The van der Waals surface area contributed by atoms with Crippen LogP contribution in [0.1, 0.15) is 136 Å². The average molecular weight is 981 g/mol. The molecule has 8 N–H and O–H groups in total. The van der Waals surface area contributed by atoms with E-state index in [0.29, 0.717) is 32.1 Å². The fourth-order valence-electron chi connectivity index (χ4n) is 7.50. The van der Waals surface area contributed by atoms with Crippen molar-refractivity contribution in [1.29, 1.82) is 0 Å². The van der Waals surface area contributed by atoms with Gasteiger partial charge in [0.05, 0.1) is 31.0 Å². The van der Waals surface area contributed by atoms with Gasteiger partial charge in [-0.1, -0.05) is 131 Å². The van der Waals surface area contributed by atoms with E-state index in [1.54, 1.807) is 6.08 Å². The number of aliphatic hydroxyl groups excluding tert-OH is 7. The van der Waals surface area contributed by atoms with E-state index in [0.717, 1.165) is 38.5 Å². The van der Waals surface area contributed by atoms with Crippen LogP contribution in [0.15, 0.2) is 85.1 Å². The number of esters is 2. The van der Waals surface area contributed by atoms with E-state index in [-0.39, 0.29) is 25.7 Å². The highest BCUT2D eigenvalue weighted by Crippen LogP contribution is 2.47. The number of ketones is 1. The summed E-state index contributed by atoms with van der Waals surface area (Å²) in [5.41, 5.74) is 0. The summed E-state index contributed by atoms with van der Waals surface area (Å²) < 4.78 is 34.5. The summed E-state index contributed by atoms with van der Waals surface area (Å²) in [7, 11) is -5.48. The molecule has 0 aromatic heterocycles. The van der Waals surface area contributed by atoms with Gasteiger partial charge in [-0.2, -0.15) is 0 Å². The second-order valence-corrected chi connectivity index (χ2v) is 18.8. The Labute approximate surface area is 403 Å². The van der Waals surface area contributed by atoms with Crippen molar-refractivity contribution in [3.05, 3.63) is 85.1 Å². The highest BCUT2D eigenvalue weighted by molar-refractivity contribution is 7.47. The molecule has 1 saturated carbocycles. The van der Waals surface area contributed by atoms with Gasteiger partial charge in [0.25, 0.3) is 0 Å². The van der Waals surface area contributed by atoms with Gasteiger partial charge in [-0.15, -0.1) is 0 Å². The first-order valence-electron chi connectivity index (χ1n) is 24.5. The number of allylic oxidation sites excluding steroid dienone is 12. The Morgan fingerprint density at radius 3 is 2.00 bits per heavy atom. The van der Waals surface area contributed by atoms with Crippen LogP contribution in [-0.2, 0) is 37.5 Å². The van der Waals surface area contributed by atoms with Crippen LogP contribution in [0.2, 0.25) is 0 Å². The fourth-order valence-corrected chi connectivity index (χ4v) is 8.48. The third kappa shape index (κ3) is 25.5. The normalized spacial score (nSPS) is 31.0. The van der Waals surface area contributed by atoms with Crippen LogP contribution < -0.4 is 0 Å². The van der Waals surface area contributed by atoms with Crippen LogP contribution in [-0.4, -0.2) is 127 Å². The first-order chi connectivity index (χ1) is 32.6. The fraction of sp³-hybridized carbons (Fsp3) is 0.667. The number of rotatable bonds is 23. The number of carbonyl (C=O) groups excluding carboxylic acids is 3. The van der Waals surface area contributed by atoms with Gasteiger partial charge >= 0.3 is 19.8 Å². The van der Waals surface area contributed by atoms with Crippen molar-refractivity contribution in [3.8, 4) is 0 Å². The zero-order chi connectivity index (χ0) is 50.2. The predicted octanol–water partition coefficient (Wildman–Crippen LogP) is 6.64. The Morgan fingerprint density at radius 2 is 1.37 bits per heavy atom. The number of phosphoric ester groups is 1. The van der Waals surface area contributed by atoms with Gasteiger partial charge in [-0.3, -0.25) is 23.4 Å². The van der Waals surface area contributed by atoms with Crippen LogP contribution >= 0.6 is 7.82 Å². The Morgan fingerprint density at radius 1 is 0.779 bits per heavy atom. The quantitative estimate of drug-likeness (QED) is 0.0231. The van der Waals surface area contributed by atoms with Gasteiger partial charge in [-0.25, -0.2) is 4.57 Å². The lowest BCUT2D eigenvalue weighted by atomic mass is 9.84. The first kappa shape index (κ1) is 60.7. The topological polar surface area (TPSA) is 267 Å². The lowest BCUT2D eigenvalue weighted by molar-refractivity contribution is -0.166. The highest BCUT2D eigenvalue weighted by Gasteiger charge is 2.49. The number of fused-ring (bicyclic) bond motifs is 4.